The molecule has 2 rings (SSSR count). The van der Waals surface area contributed by atoms with Crippen molar-refractivity contribution in [1.29, 1.82) is 0 Å². The third-order valence-corrected chi connectivity index (χ3v) is 3.60. The van der Waals surface area contributed by atoms with Crippen molar-refractivity contribution in [3.05, 3.63) is 54.1 Å². The molecule has 0 atom stereocenters. The Kier molecular flexibility index (Phi) is 8.09. The topological polar surface area (TPSA) is 27.7 Å². The van der Waals surface area contributed by atoms with Crippen LogP contribution in [0, 0.1) is 0 Å². The van der Waals surface area contributed by atoms with Gasteiger partial charge in [-0.25, -0.2) is 0 Å². The summed E-state index contributed by atoms with van der Waals surface area (Å²) in [5, 5.41) is 0. The van der Waals surface area contributed by atoms with Crippen LogP contribution in [0.15, 0.2) is 48.5 Å². The molecule has 140 valence electrons. The first-order valence-corrected chi connectivity index (χ1v) is 8.66. The van der Waals surface area contributed by atoms with E-state index in [1.54, 1.807) is 24.3 Å². The summed E-state index contributed by atoms with van der Waals surface area (Å²) in [7, 11) is 0. The quantitative estimate of drug-likeness (QED) is 0.500. The number of rotatable bonds is 10. The molecule has 0 saturated heterocycles. The lowest BCUT2D eigenvalue weighted by molar-refractivity contribution is -0.0499. The van der Waals surface area contributed by atoms with Gasteiger partial charge in [-0.05, 0) is 48.7 Å². The Bertz CT molecular complexity index is 697. The highest BCUT2D eigenvalue weighted by Crippen LogP contribution is 2.29. The number of allylic oxidation sites excluding steroid dienone is 1. The normalized spacial score (nSPS) is 11.3. The predicted molar refractivity (Wildman–Crippen MR) is 99.8 cm³/mol. The molecule has 0 radical (unpaired) electrons. The molecule has 0 bridgehead atoms. The molecule has 5 heteroatoms. The molecule has 0 aromatic heterocycles. The molecule has 0 N–H and O–H groups in total. The second-order valence-corrected chi connectivity index (χ2v) is 5.62. The Hall–Kier alpha value is -2.40. The van der Waals surface area contributed by atoms with E-state index in [0.717, 1.165) is 29.9 Å². The summed E-state index contributed by atoms with van der Waals surface area (Å²) in [6.45, 7) is 2.85. The third kappa shape index (κ3) is 6.15. The van der Waals surface area contributed by atoms with Crippen molar-refractivity contribution in [2.24, 2.45) is 0 Å². The van der Waals surface area contributed by atoms with E-state index in [2.05, 4.69) is 11.7 Å². The first-order valence-electron chi connectivity index (χ1n) is 8.66. The van der Waals surface area contributed by atoms with Gasteiger partial charge in [-0.3, -0.25) is 0 Å². The lowest BCUT2D eigenvalue weighted by atomic mass is 10.0. The summed E-state index contributed by atoms with van der Waals surface area (Å²) in [6.07, 6.45) is 4.52. The van der Waals surface area contributed by atoms with Crippen molar-refractivity contribution in [2.75, 3.05) is 19.8 Å². The summed E-state index contributed by atoms with van der Waals surface area (Å²) in [5.41, 5.74) is 2.49. The van der Waals surface area contributed by atoms with Crippen molar-refractivity contribution >= 4 is 6.08 Å². The monoisotopic (exact) mass is 362 g/mol. The number of hydrogen-bond acceptors (Lipinski definition) is 3. The maximum absolute atomic E-state index is 12.5. The Balaban J connectivity index is 2.07. The van der Waals surface area contributed by atoms with E-state index >= 15 is 0 Å². The van der Waals surface area contributed by atoms with Crippen LogP contribution in [-0.2, 0) is 4.74 Å². The molecule has 0 heterocycles. The van der Waals surface area contributed by atoms with Crippen molar-refractivity contribution in [2.45, 2.75) is 26.9 Å². The smallest absolute Gasteiger partial charge is 0.387 e. The lowest BCUT2D eigenvalue weighted by Gasteiger charge is -2.11. The van der Waals surface area contributed by atoms with Gasteiger partial charge in [-0.2, -0.15) is 8.78 Å². The minimum absolute atomic E-state index is 0.161. The fraction of sp³-hybridized carbons (Fsp3) is 0.333. The zero-order valence-corrected chi connectivity index (χ0v) is 15.1. The van der Waals surface area contributed by atoms with Gasteiger partial charge < -0.3 is 14.2 Å². The number of hydrogen-bond donors (Lipinski definition) is 0. The Morgan fingerprint density at radius 2 is 1.69 bits per heavy atom. The molecular weight excluding hydrogens is 338 g/mol. The van der Waals surface area contributed by atoms with E-state index in [-0.39, 0.29) is 5.75 Å². The molecule has 0 spiro atoms. The van der Waals surface area contributed by atoms with Crippen molar-refractivity contribution < 1.29 is 23.0 Å². The highest BCUT2D eigenvalue weighted by molar-refractivity contribution is 5.71. The SMILES string of the molecule is C/C=C/c1cc(-c2ccc(OCCOCCC)cc2)ccc1OC(F)F. The Labute approximate surface area is 153 Å². The number of alkyl halides is 2. The van der Waals surface area contributed by atoms with E-state index < -0.39 is 6.61 Å². The van der Waals surface area contributed by atoms with E-state index in [1.807, 2.05) is 37.3 Å². The molecule has 0 saturated carbocycles. The fourth-order valence-electron chi connectivity index (χ4n) is 2.45. The van der Waals surface area contributed by atoms with Crippen molar-refractivity contribution in [3.63, 3.8) is 0 Å². The second-order valence-electron chi connectivity index (χ2n) is 5.62. The molecule has 0 aliphatic heterocycles. The third-order valence-electron chi connectivity index (χ3n) is 3.60. The number of halogens is 2. The predicted octanol–water partition coefficient (Wildman–Crippen LogP) is 5.79. The van der Waals surface area contributed by atoms with E-state index in [4.69, 9.17) is 9.47 Å². The van der Waals surface area contributed by atoms with E-state index in [0.29, 0.717) is 18.8 Å². The molecule has 2 aromatic rings. The first kappa shape index (κ1) is 19.9. The van der Waals surface area contributed by atoms with Crippen LogP contribution in [0.1, 0.15) is 25.8 Å². The van der Waals surface area contributed by atoms with Gasteiger partial charge in [0.15, 0.2) is 0 Å². The maximum Gasteiger partial charge on any atom is 0.387 e. The van der Waals surface area contributed by atoms with Crippen LogP contribution < -0.4 is 9.47 Å². The zero-order chi connectivity index (χ0) is 18.8. The largest absolute Gasteiger partial charge is 0.491 e. The molecule has 0 unspecified atom stereocenters. The van der Waals surface area contributed by atoms with E-state index in [1.165, 1.54) is 0 Å². The van der Waals surface area contributed by atoms with Gasteiger partial charge in [0, 0.05) is 12.2 Å². The summed E-state index contributed by atoms with van der Waals surface area (Å²) in [4.78, 5) is 0. The van der Waals surface area contributed by atoms with Crippen LogP contribution >= 0.6 is 0 Å². The molecule has 0 amide bonds. The number of ether oxygens (including phenoxy) is 3. The number of benzene rings is 2. The van der Waals surface area contributed by atoms with Crippen LogP contribution in [0.3, 0.4) is 0 Å². The second kappa shape index (κ2) is 10.6. The molecule has 3 nitrogen and oxygen atoms in total. The minimum Gasteiger partial charge on any atom is -0.491 e. The molecule has 0 fully saturated rings. The zero-order valence-electron chi connectivity index (χ0n) is 15.1. The average molecular weight is 362 g/mol. The summed E-state index contributed by atoms with van der Waals surface area (Å²) in [6, 6.07) is 12.8. The van der Waals surface area contributed by atoms with Crippen molar-refractivity contribution in [1.82, 2.24) is 0 Å². The van der Waals surface area contributed by atoms with Gasteiger partial charge in [0.1, 0.15) is 18.1 Å². The van der Waals surface area contributed by atoms with Crippen LogP contribution in [0.5, 0.6) is 11.5 Å². The summed E-state index contributed by atoms with van der Waals surface area (Å²) in [5.74, 6) is 0.925. The first-order chi connectivity index (χ1) is 12.6. The van der Waals surface area contributed by atoms with Gasteiger partial charge in [0.05, 0.1) is 6.61 Å². The highest BCUT2D eigenvalue weighted by Gasteiger charge is 2.09. The van der Waals surface area contributed by atoms with Crippen LogP contribution in [-0.4, -0.2) is 26.4 Å². The molecule has 0 aliphatic rings. The summed E-state index contributed by atoms with van der Waals surface area (Å²) >= 11 is 0. The molecular formula is C21H24F2O3. The minimum atomic E-state index is -2.84. The molecule has 26 heavy (non-hydrogen) atoms. The van der Waals surface area contributed by atoms with Gasteiger partial charge >= 0.3 is 6.61 Å². The highest BCUT2D eigenvalue weighted by atomic mass is 19.3. The lowest BCUT2D eigenvalue weighted by Crippen LogP contribution is -2.06. The van der Waals surface area contributed by atoms with Gasteiger partial charge in [-0.1, -0.05) is 37.3 Å². The Morgan fingerprint density at radius 3 is 2.35 bits per heavy atom. The van der Waals surface area contributed by atoms with Crippen LogP contribution in [0.2, 0.25) is 0 Å². The molecule has 2 aromatic carbocycles. The summed E-state index contributed by atoms with van der Waals surface area (Å²) < 4.78 is 40.6. The van der Waals surface area contributed by atoms with Gasteiger partial charge in [0.2, 0.25) is 0 Å². The Morgan fingerprint density at radius 1 is 0.962 bits per heavy atom. The van der Waals surface area contributed by atoms with Gasteiger partial charge in [0.25, 0.3) is 0 Å². The van der Waals surface area contributed by atoms with Crippen LogP contribution in [0.25, 0.3) is 17.2 Å². The average Bonchev–Trinajstić information content (AvgIpc) is 2.63. The van der Waals surface area contributed by atoms with E-state index in [9.17, 15) is 8.78 Å². The molecule has 0 aliphatic carbocycles. The standard InChI is InChI=1S/C21H24F2O3/c1-3-5-18-15-17(8-11-20(18)26-21(22)23)16-6-9-19(10-7-16)25-14-13-24-12-4-2/h3,5-11,15,21H,4,12-14H2,1-2H3/b5-3+. The van der Waals surface area contributed by atoms with Crippen molar-refractivity contribution in [3.8, 4) is 22.6 Å². The van der Waals surface area contributed by atoms with Crippen LogP contribution in [0.4, 0.5) is 8.78 Å². The fourth-order valence-corrected chi connectivity index (χ4v) is 2.45. The van der Waals surface area contributed by atoms with Gasteiger partial charge in [-0.15, -0.1) is 0 Å². The maximum atomic E-state index is 12.5.